The second-order valence-electron chi connectivity index (χ2n) is 7.20. The number of hydrogen-bond acceptors (Lipinski definition) is 5. The van der Waals surface area contributed by atoms with Gasteiger partial charge in [0.15, 0.2) is 6.61 Å². The summed E-state index contributed by atoms with van der Waals surface area (Å²) in [7, 11) is 0. The minimum Gasteiger partial charge on any atom is -0.454 e. The van der Waals surface area contributed by atoms with Crippen LogP contribution in [0.1, 0.15) is 36.5 Å². The number of thioether (sulfide) groups is 1. The molecule has 2 aliphatic rings. The molecule has 3 rings (SSSR count). The molecule has 0 aromatic heterocycles. The van der Waals surface area contributed by atoms with Gasteiger partial charge in [-0.3, -0.25) is 9.59 Å². The third kappa shape index (κ3) is 3.45. The molecule has 0 aliphatic carbocycles. The van der Waals surface area contributed by atoms with Crippen LogP contribution in [-0.2, 0) is 19.1 Å². The SMILES string of the molecule is Cc1cc(C)c(NC(=O)COC(=O)[C@@H]2CS[C@]3(C)CCC(=O)N23)c(C)c1. The van der Waals surface area contributed by atoms with Gasteiger partial charge in [0.2, 0.25) is 5.91 Å². The summed E-state index contributed by atoms with van der Waals surface area (Å²) in [4.78, 5) is 38.0. The van der Waals surface area contributed by atoms with Gasteiger partial charge < -0.3 is 15.0 Å². The van der Waals surface area contributed by atoms with Gasteiger partial charge in [0.05, 0.1) is 4.87 Å². The first-order valence-corrected chi connectivity index (χ1v) is 9.70. The van der Waals surface area contributed by atoms with E-state index >= 15 is 0 Å². The fraction of sp³-hybridized carbons (Fsp3) is 0.526. The maximum atomic E-state index is 12.4. The molecule has 1 N–H and O–H groups in total. The third-order valence-electron chi connectivity index (χ3n) is 5.00. The molecule has 7 heteroatoms. The number of esters is 1. The van der Waals surface area contributed by atoms with Gasteiger partial charge in [0.1, 0.15) is 6.04 Å². The summed E-state index contributed by atoms with van der Waals surface area (Å²) < 4.78 is 5.21. The quantitative estimate of drug-likeness (QED) is 0.818. The number of amides is 2. The lowest BCUT2D eigenvalue weighted by atomic mass is 10.1. The highest BCUT2D eigenvalue weighted by Gasteiger charge is 2.53. The zero-order chi connectivity index (χ0) is 19.1. The van der Waals surface area contributed by atoms with E-state index in [9.17, 15) is 14.4 Å². The first-order chi connectivity index (χ1) is 12.2. The Labute approximate surface area is 157 Å². The highest BCUT2D eigenvalue weighted by molar-refractivity contribution is 8.01. The monoisotopic (exact) mass is 376 g/mol. The molecule has 0 unspecified atom stereocenters. The number of benzene rings is 1. The van der Waals surface area contributed by atoms with Gasteiger partial charge >= 0.3 is 5.97 Å². The Morgan fingerprint density at radius 3 is 2.62 bits per heavy atom. The van der Waals surface area contributed by atoms with E-state index in [-0.39, 0.29) is 23.3 Å². The minimum absolute atomic E-state index is 0.0187. The maximum Gasteiger partial charge on any atom is 0.330 e. The number of anilines is 1. The van der Waals surface area contributed by atoms with Gasteiger partial charge in [-0.05, 0) is 45.2 Å². The first-order valence-electron chi connectivity index (χ1n) is 8.72. The van der Waals surface area contributed by atoms with Crippen LogP contribution in [0.25, 0.3) is 0 Å². The van der Waals surface area contributed by atoms with Crippen molar-refractivity contribution in [2.45, 2.75) is 51.4 Å². The van der Waals surface area contributed by atoms with Crippen molar-refractivity contribution in [1.82, 2.24) is 4.90 Å². The highest BCUT2D eigenvalue weighted by atomic mass is 32.2. The smallest absolute Gasteiger partial charge is 0.330 e. The van der Waals surface area contributed by atoms with Crippen molar-refractivity contribution in [3.05, 3.63) is 28.8 Å². The van der Waals surface area contributed by atoms with Crippen LogP contribution >= 0.6 is 11.8 Å². The Bertz CT molecular complexity index is 756. The Morgan fingerprint density at radius 1 is 1.31 bits per heavy atom. The average Bonchev–Trinajstić information content (AvgIpc) is 3.05. The van der Waals surface area contributed by atoms with Crippen LogP contribution in [0.2, 0.25) is 0 Å². The molecule has 1 aromatic carbocycles. The Balaban J connectivity index is 1.58. The van der Waals surface area contributed by atoms with Crippen molar-refractivity contribution < 1.29 is 19.1 Å². The van der Waals surface area contributed by atoms with E-state index in [4.69, 9.17) is 4.74 Å². The topological polar surface area (TPSA) is 75.7 Å². The van der Waals surface area contributed by atoms with E-state index in [2.05, 4.69) is 5.32 Å². The third-order valence-corrected chi connectivity index (χ3v) is 6.51. The van der Waals surface area contributed by atoms with Crippen LogP contribution in [0.4, 0.5) is 5.69 Å². The summed E-state index contributed by atoms with van der Waals surface area (Å²) in [6.07, 6.45) is 1.20. The standard InChI is InChI=1S/C19H24N2O4S/c1-11-7-12(2)17(13(3)8-11)20-15(22)9-25-18(24)14-10-26-19(4)6-5-16(23)21(14)19/h7-8,14H,5-6,9-10H2,1-4H3,(H,20,22)/t14-,19+/m0/s1. The van der Waals surface area contributed by atoms with E-state index in [0.717, 1.165) is 28.8 Å². The molecule has 2 amide bonds. The van der Waals surface area contributed by atoms with Crippen molar-refractivity contribution in [3.8, 4) is 0 Å². The van der Waals surface area contributed by atoms with Crippen molar-refractivity contribution in [3.63, 3.8) is 0 Å². The summed E-state index contributed by atoms with van der Waals surface area (Å²) in [6, 6.07) is 3.38. The fourth-order valence-electron chi connectivity index (χ4n) is 3.78. The summed E-state index contributed by atoms with van der Waals surface area (Å²) in [6.45, 7) is 7.48. The second-order valence-corrected chi connectivity index (χ2v) is 8.70. The molecule has 2 saturated heterocycles. The van der Waals surface area contributed by atoms with Crippen LogP contribution in [0.5, 0.6) is 0 Å². The first kappa shape index (κ1) is 18.8. The average molecular weight is 376 g/mol. The molecule has 0 bridgehead atoms. The van der Waals surface area contributed by atoms with Crippen molar-refractivity contribution >= 4 is 35.2 Å². The van der Waals surface area contributed by atoms with Crippen LogP contribution in [0, 0.1) is 20.8 Å². The van der Waals surface area contributed by atoms with Crippen molar-refractivity contribution in [2.24, 2.45) is 0 Å². The zero-order valence-electron chi connectivity index (χ0n) is 15.5. The molecular formula is C19H24N2O4S. The normalized spacial score (nSPS) is 24.5. The number of fused-ring (bicyclic) bond motifs is 1. The molecule has 2 atom stereocenters. The van der Waals surface area contributed by atoms with Gasteiger partial charge in [-0.1, -0.05) is 17.7 Å². The predicted octanol–water partition coefficient (Wildman–Crippen LogP) is 2.55. The molecule has 26 heavy (non-hydrogen) atoms. The summed E-state index contributed by atoms with van der Waals surface area (Å²) >= 11 is 1.60. The molecule has 140 valence electrons. The van der Waals surface area contributed by atoms with Crippen molar-refractivity contribution in [2.75, 3.05) is 17.7 Å². The van der Waals surface area contributed by atoms with Crippen LogP contribution < -0.4 is 5.32 Å². The molecule has 0 saturated carbocycles. The molecular weight excluding hydrogens is 352 g/mol. The second kappa shape index (κ2) is 6.95. The molecule has 6 nitrogen and oxygen atoms in total. The number of carbonyl (C=O) groups excluding carboxylic acids is 3. The van der Waals surface area contributed by atoms with Crippen molar-refractivity contribution in [1.29, 1.82) is 0 Å². The van der Waals surface area contributed by atoms with Crippen LogP contribution in [0.15, 0.2) is 12.1 Å². The van der Waals surface area contributed by atoms with Gasteiger partial charge in [-0.2, -0.15) is 0 Å². The fourth-order valence-corrected chi connectivity index (χ4v) is 5.20. The van der Waals surface area contributed by atoms with Gasteiger partial charge in [0.25, 0.3) is 5.91 Å². The van der Waals surface area contributed by atoms with E-state index < -0.39 is 12.0 Å². The van der Waals surface area contributed by atoms with Gasteiger partial charge in [0, 0.05) is 17.9 Å². The highest BCUT2D eigenvalue weighted by Crippen LogP contribution is 2.47. The number of ether oxygens (including phenoxy) is 1. The van der Waals surface area contributed by atoms with Gasteiger partial charge in [-0.15, -0.1) is 11.8 Å². The number of nitrogens with zero attached hydrogens (tertiary/aromatic N) is 1. The zero-order valence-corrected chi connectivity index (χ0v) is 16.4. The molecule has 1 aromatic rings. The molecule has 2 fully saturated rings. The van der Waals surface area contributed by atoms with E-state index in [1.807, 2.05) is 39.8 Å². The predicted molar refractivity (Wildman–Crippen MR) is 101 cm³/mol. The van der Waals surface area contributed by atoms with Crippen LogP contribution in [-0.4, -0.2) is 46.0 Å². The Kier molecular flexibility index (Phi) is 5.01. The molecule has 2 aliphatic heterocycles. The van der Waals surface area contributed by atoms with Gasteiger partial charge in [-0.25, -0.2) is 4.79 Å². The summed E-state index contributed by atoms with van der Waals surface area (Å²) in [5.41, 5.74) is 3.80. The minimum atomic E-state index is -0.601. The maximum absolute atomic E-state index is 12.4. The number of hydrogen-bond donors (Lipinski definition) is 1. The molecule has 2 heterocycles. The number of rotatable bonds is 4. The lowest BCUT2D eigenvalue weighted by Crippen LogP contribution is -2.47. The summed E-state index contributed by atoms with van der Waals surface area (Å²) in [5, 5.41) is 2.81. The van der Waals surface area contributed by atoms with E-state index in [1.165, 1.54) is 0 Å². The lowest BCUT2D eigenvalue weighted by Gasteiger charge is -2.29. The number of carbonyl (C=O) groups is 3. The molecule has 0 spiro atoms. The Morgan fingerprint density at radius 2 is 1.96 bits per heavy atom. The summed E-state index contributed by atoms with van der Waals surface area (Å²) in [5.74, 6) is -0.396. The number of nitrogens with one attached hydrogen (secondary N) is 1. The van der Waals surface area contributed by atoms with Crippen LogP contribution in [0.3, 0.4) is 0 Å². The van der Waals surface area contributed by atoms with E-state index in [0.29, 0.717) is 12.2 Å². The Hall–Kier alpha value is -2.02. The lowest BCUT2D eigenvalue weighted by molar-refractivity contribution is -0.155. The number of aryl methyl sites for hydroxylation is 3. The van der Waals surface area contributed by atoms with E-state index in [1.54, 1.807) is 16.7 Å². The molecule has 0 radical (unpaired) electrons. The largest absolute Gasteiger partial charge is 0.454 e.